The van der Waals surface area contributed by atoms with Gasteiger partial charge in [-0.1, -0.05) is 13.8 Å². The van der Waals surface area contributed by atoms with E-state index in [1.54, 1.807) is 26.2 Å². The predicted molar refractivity (Wildman–Crippen MR) is 82.7 cm³/mol. The van der Waals surface area contributed by atoms with Crippen LogP contribution in [0.25, 0.3) is 0 Å². The molecule has 0 aliphatic carbocycles. The zero-order valence-electron chi connectivity index (χ0n) is 13.5. The number of hydrogen-bond acceptors (Lipinski definition) is 6. The minimum Gasteiger partial charge on any atom is -0.495 e. The zero-order chi connectivity index (χ0) is 16.3. The first-order chi connectivity index (χ1) is 9.33. The molecule has 0 radical (unpaired) electrons. The van der Waals surface area contributed by atoms with Gasteiger partial charge in [0.25, 0.3) is 0 Å². The van der Waals surface area contributed by atoms with Gasteiger partial charge in [-0.05, 0) is 24.6 Å². The molecule has 0 fully saturated rings. The Hall–Kier alpha value is -1.79. The first kappa shape index (κ1) is 20.5. The van der Waals surface area contributed by atoms with Crippen LogP contribution in [0.2, 0.25) is 0 Å². The molecule has 0 spiro atoms. The number of benzene rings is 1. The van der Waals surface area contributed by atoms with Crippen molar-refractivity contribution in [3.63, 3.8) is 0 Å². The molecular weight excluding hydrogens is 258 g/mol. The summed E-state index contributed by atoms with van der Waals surface area (Å²) >= 11 is 0. The fourth-order valence-corrected chi connectivity index (χ4v) is 1.17. The molecule has 6 heteroatoms. The predicted octanol–water partition coefficient (Wildman–Crippen LogP) is 1.82. The zero-order valence-corrected chi connectivity index (χ0v) is 13.5. The van der Waals surface area contributed by atoms with Gasteiger partial charge in [0.05, 0.1) is 25.5 Å². The quantitative estimate of drug-likeness (QED) is 0.373. The molecule has 4 N–H and O–H groups in total. The molecule has 0 heterocycles. The van der Waals surface area contributed by atoms with Gasteiger partial charge < -0.3 is 15.2 Å². The number of ether oxygens (including phenoxy) is 2. The summed E-state index contributed by atoms with van der Waals surface area (Å²) in [6, 6.07) is 3.23. The summed E-state index contributed by atoms with van der Waals surface area (Å²) in [6.45, 7) is 5.81. The van der Waals surface area contributed by atoms with Crippen molar-refractivity contribution in [3.8, 4) is 5.75 Å². The van der Waals surface area contributed by atoms with Crippen LogP contribution >= 0.6 is 0 Å². The second-order valence-corrected chi connectivity index (χ2v) is 3.86. The van der Waals surface area contributed by atoms with Gasteiger partial charge in [-0.3, -0.25) is 10.9 Å². The molecule has 1 rings (SSSR count). The van der Waals surface area contributed by atoms with Crippen molar-refractivity contribution in [2.75, 3.05) is 34.0 Å². The number of anilines is 1. The molecule has 0 saturated carbocycles. The Labute approximate surface area is 121 Å². The van der Waals surface area contributed by atoms with E-state index >= 15 is 0 Å². The van der Waals surface area contributed by atoms with Gasteiger partial charge in [0.1, 0.15) is 5.75 Å². The van der Waals surface area contributed by atoms with E-state index in [0.29, 0.717) is 17.0 Å². The summed E-state index contributed by atoms with van der Waals surface area (Å²) in [5, 5.41) is 1.50. The van der Waals surface area contributed by atoms with Gasteiger partial charge in [-0.2, -0.15) is 0 Å². The van der Waals surface area contributed by atoms with Crippen LogP contribution in [-0.2, 0) is 4.74 Å². The van der Waals surface area contributed by atoms with Crippen LogP contribution in [0.5, 0.6) is 5.75 Å². The summed E-state index contributed by atoms with van der Waals surface area (Å²) in [7, 11) is 6.40. The maximum absolute atomic E-state index is 11.2. The molecule has 116 valence electrons. The number of aryl methyl sites for hydroxylation is 1. The molecule has 1 aromatic rings. The van der Waals surface area contributed by atoms with Crippen molar-refractivity contribution >= 4 is 11.7 Å². The number of hydrogen-bond donors (Lipinski definition) is 2. The van der Waals surface area contributed by atoms with Crippen LogP contribution in [0, 0.1) is 6.92 Å². The van der Waals surface area contributed by atoms with E-state index < -0.39 is 5.97 Å². The van der Waals surface area contributed by atoms with E-state index in [-0.39, 0.29) is 0 Å². The number of esters is 1. The molecule has 0 aliphatic rings. The number of methoxy groups -OCH3 is 2. The third kappa shape index (κ3) is 7.60. The first-order valence-corrected chi connectivity index (χ1v) is 6.27. The Kier molecular flexibility index (Phi) is 11.4. The van der Waals surface area contributed by atoms with Gasteiger partial charge >= 0.3 is 5.97 Å². The first-order valence-electron chi connectivity index (χ1n) is 6.27. The highest BCUT2D eigenvalue weighted by Crippen LogP contribution is 2.26. The van der Waals surface area contributed by atoms with Crippen LogP contribution in [0.3, 0.4) is 0 Å². The van der Waals surface area contributed by atoms with Crippen molar-refractivity contribution in [1.29, 1.82) is 0 Å². The normalized spacial score (nSPS) is 8.85. The number of rotatable bonds is 2. The highest BCUT2D eigenvalue weighted by atomic mass is 16.5. The minimum atomic E-state index is -0.397. The summed E-state index contributed by atoms with van der Waals surface area (Å²) in [6.07, 6.45) is 0. The van der Waals surface area contributed by atoms with Gasteiger partial charge in [-0.25, -0.2) is 4.79 Å². The third-order valence-electron chi connectivity index (χ3n) is 1.99. The molecule has 1 aromatic carbocycles. The van der Waals surface area contributed by atoms with Crippen molar-refractivity contribution in [1.82, 2.24) is 5.01 Å². The Balaban J connectivity index is 0. The number of carbonyl (C=O) groups excluding carboxylic acids is 1. The number of hydrazine groups is 1. The van der Waals surface area contributed by atoms with Gasteiger partial charge in [-0.15, -0.1) is 0 Å². The SMILES string of the molecule is CC.CN(C)N.COC(=O)c1cc(C)c(N)c(OC)c1. The molecule has 6 nitrogen and oxygen atoms in total. The lowest BCUT2D eigenvalue weighted by molar-refractivity contribution is 0.0600. The van der Waals surface area contributed by atoms with Crippen LogP contribution in [-0.4, -0.2) is 39.3 Å². The number of nitrogen functional groups attached to an aromatic ring is 1. The van der Waals surface area contributed by atoms with E-state index in [4.69, 9.17) is 16.3 Å². The fourth-order valence-electron chi connectivity index (χ4n) is 1.17. The van der Waals surface area contributed by atoms with Crippen LogP contribution in [0.15, 0.2) is 12.1 Å². The maximum atomic E-state index is 11.2. The molecule has 0 aliphatic heterocycles. The van der Waals surface area contributed by atoms with E-state index in [2.05, 4.69) is 4.74 Å². The van der Waals surface area contributed by atoms with E-state index in [1.165, 1.54) is 19.2 Å². The molecule has 0 atom stereocenters. The average Bonchev–Trinajstić information content (AvgIpc) is 2.42. The lowest BCUT2D eigenvalue weighted by Crippen LogP contribution is -2.18. The Morgan fingerprint density at radius 1 is 1.20 bits per heavy atom. The third-order valence-corrected chi connectivity index (χ3v) is 1.99. The van der Waals surface area contributed by atoms with Crippen molar-refractivity contribution < 1.29 is 14.3 Å². The topological polar surface area (TPSA) is 90.8 Å². The number of nitrogens with zero attached hydrogens (tertiary/aromatic N) is 1. The maximum Gasteiger partial charge on any atom is 0.337 e. The standard InChI is InChI=1S/C10H13NO3.C2H8N2.C2H6/c1-6-4-7(10(12)14-3)5-8(13-2)9(6)11;1-4(2)3;1-2/h4-5H,11H2,1-3H3;3H2,1-2H3;1-2H3. The average molecular weight is 285 g/mol. The van der Waals surface area contributed by atoms with Crippen molar-refractivity contribution in [2.24, 2.45) is 5.84 Å². The van der Waals surface area contributed by atoms with Crippen molar-refractivity contribution in [3.05, 3.63) is 23.3 Å². The molecule has 0 amide bonds. The van der Waals surface area contributed by atoms with Gasteiger partial charge in [0.2, 0.25) is 0 Å². The molecule has 0 bridgehead atoms. The Bertz CT molecular complexity index is 404. The van der Waals surface area contributed by atoms with Gasteiger partial charge in [0.15, 0.2) is 0 Å². The summed E-state index contributed by atoms with van der Waals surface area (Å²) in [4.78, 5) is 11.2. The van der Waals surface area contributed by atoms with Crippen LogP contribution < -0.4 is 16.3 Å². The largest absolute Gasteiger partial charge is 0.495 e. The molecule has 0 aromatic heterocycles. The summed E-state index contributed by atoms with van der Waals surface area (Å²) in [5.41, 5.74) is 7.51. The number of nitrogens with two attached hydrogens (primary N) is 2. The second-order valence-electron chi connectivity index (χ2n) is 3.86. The fraction of sp³-hybridized carbons (Fsp3) is 0.500. The molecule has 20 heavy (non-hydrogen) atoms. The highest BCUT2D eigenvalue weighted by Gasteiger charge is 2.11. The lowest BCUT2D eigenvalue weighted by atomic mass is 10.1. The lowest BCUT2D eigenvalue weighted by Gasteiger charge is -2.09. The Morgan fingerprint density at radius 3 is 2.00 bits per heavy atom. The molecule has 0 saturated heterocycles. The van der Waals surface area contributed by atoms with E-state index in [0.717, 1.165) is 5.56 Å². The van der Waals surface area contributed by atoms with Gasteiger partial charge in [0, 0.05) is 14.1 Å². The van der Waals surface area contributed by atoms with E-state index in [9.17, 15) is 4.79 Å². The number of carbonyl (C=O) groups is 1. The minimum absolute atomic E-state index is 0.397. The molecule has 0 unspecified atom stereocenters. The second kappa shape index (κ2) is 11.1. The van der Waals surface area contributed by atoms with E-state index in [1.807, 2.05) is 20.8 Å². The smallest absolute Gasteiger partial charge is 0.337 e. The van der Waals surface area contributed by atoms with Crippen LogP contribution in [0.4, 0.5) is 5.69 Å². The van der Waals surface area contributed by atoms with Crippen LogP contribution in [0.1, 0.15) is 29.8 Å². The summed E-state index contributed by atoms with van der Waals surface area (Å²) in [5.74, 6) is 5.04. The highest BCUT2D eigenvalue weighted by molar-refractivity contribution is 5.91. The summed E-state index contributed by atoms with van der Waals surface area (Å²) < 4.78 is 9.62. The monoisotopic (exact) mass is 285 g/mol. The van der Waals surface area contributed by atoms with Crippen molar-refractivity contribution in [2.45, 2.75) is 20.8 Å². The molecular formula is C14H27N3O3. The Morgan fingerprint density at radius 2 is 1.65 bits per heavy atom.